The standard InChI is InChI=1S/C15H29N3O/c1-5-6-7-8-9-10-18(4)14(16-3)17-11-15(2)12-19-13-15/h5H,1,6-13H2,2-4H3,(H,16,17). The molecule has 1 heterocycles. The Labute approximate surface area is 117 Å². The van der Waals surface area contributed by atoms with E-state index in [-0.39, 0.29) is 5.41 Å². The second kappa shape index (κ2) is 8.20. The minimum absolute atomic E-state index is 0.279. The number of hydrogen-bond donors (Lipinski definition) is 1. The number of aliphatic imine (C=N–C) groups is 1. The lowest BCUT2D eigenvalue weighted by atomic mass is 9.89. The molecule has 0 atom stereocenters. The molecule has 0 spiro atoms. The van der Waals surface area contributed by atoms with Crippen LogP contribution in [0.5, 0.6) is 0 Å². The van der Waals surface area contributed by atoms with E-state index >= 15 is 0 Å². The van der Waals surface area contributed by atoms with Crippen molar-refractivity contribution in [3.8, 4) is 0 Å². The van der Waals surface area contributed by atoms with Crippen LogP contribution >= 0.6 is 0 Å². The zero-order chi connectivity index (χ0) is 14.1. The molecule has 0 bridgehead atoms. The van der Waals surface area contributed by atoms with Gasteiger partial charge < -0.3 is 15.0 Å². The maximum absolute atomic E-state index is 5.27. The molecule has 1 aliphatic rings. The number of nitrogens with zero attached hydrogens (tertiary/aromatic N) is 2. The Balaban J connectivity index is 2.19. The van der Waals surface area contributed by atoms with Crippen molar-refractivity contribution in [1.29, 1.82) is 0 Å². The molecule has 0 aromatic rings. The van der Waals surface area contributed by atoms with Gasteiger partial charge in [0, 0.05) is 32.6 Å². The highest BCUT2D eigenvalue weighted by atomic mass is 16.5. The lowest BCUT2D eigenvalue weighted by molar-refractivity contribution is -0.0972. The molecule has 0 amide bonds. The summed E-state index contributed by atoms with van der Waals surface area (Å²) in [5, 5.41) is 3.44. The fourth-order valence-corrected chi connectivity index (χ4v) is 2.15. The van der Waals surface area contributed by atoms with Crippen LogP contribution < -0.4 is 5.32 Å². The fourth-order valence-electron chi connectivity index (χ4n) is 2.15. The smallest absolute Gasteiger partial charge is 0.193 e. The Kier molecular flexibility index (Phi) is 6.92. The van der Waals surface area contributed by atoms with Crippen LogP contribution in [0.1, 0.15) is 32.6 Å². The maximum atomic E-state index is 5.27. The SMILES string of the molecule is C=CCCCCCN(C)C(=NC)NCC1(C)COC1. The van der Waals surface area contributed by atoms with Crippen molar-refractivity contribution in [2.75, 3.05) is 40.4 Å². The van der Waals surface area contributed by atoms with Crippen molar-refractivity contribution < 1.29 is 4.74 Å². The molecule has 0 aliphatic carbocycles. The Morgan fingerprint density at radius 2 is 2.16 bits per heavy atom. The molecular weight excluding hydrogens is 238 g/mol. The van der Waals surface area contributed by atoms with Gasteiger partial charge in [0.1, 0.15) is 0 Å². The van der Waals surface area contributed by atoms with Crippen molar-refractivity contribution in [2.45, 2.75) is 32.6 Å². The van der Waals surface area contributed by atoms with Gasteiger partial charge in [0.2, 0.25) is 0 Å². The zero-order valence-electron chi connectivity index (χ0n) is 12.7. The number of guanidine groups is 1. The normalized spacial score (nSPS) is 17.7. The Morgan fingerprint density at radius 3 is 2.68 bits per heavy atom. The lowest BCUT2D eigenvalue weighted by Gasteiger charge is -2.39. The van der Waals surface area contributed by atoms with Crippen molar-refractivity contribution in [2.24, 2.45) is 10.4 Å². The quantitative estimate of drug-likeness (QED) is 0.317. The number of nitrogens with one attached hydrogen (secondary N) is 1. The summed E-state index contributed by atoms with van der Waals surface area (Å²) in [5.74, 6) is 0.983. The summed E-state index contributed by atoms with van der Waals surface area (Å²) in [6.45, 7) is 9.66. The van der Waals surface area contributed by atoms with Crippen molar-refractivity contribution in [3.63, 3.8) is 0 Å². The average molecular weight is 267 g/mol. The summed E-state index contributed by atoms with van der Waals surface area (Å²) in [6.07, 6.45) is 6.80. The first kappa shape index (κ1) is 16.0. The third kappa shape index (κ3) is 5.64. The van der Waals surface area contributed by atoms with Gasteiger partial charge in [-0.3, -0.25) is 4.99 Å². The van der Waals surface area contributed by atoms with Gasteiger partial charge in [-0.05, 0) is 19.3 Å². The molecule has 4 heteroatoms. The Bertz CT molecular complexity index is 298. The van der Waals surface area contributed by atoms with Crippen LogP contribution in [0.2, 0.25) is 0 Å². The molecular formula is C15H29N3O. The number of hydrogen-bond acceptors (Lipinski definition) is 2. The summed E-state index contributed by atoms with van der Waals surface area (Å²) in [5.41, 5.74) is 0.279. The summed E-state index contributed by atoms with van der Waals surface area (Å²) >= 11 is 0. The maximum Gasteiger partial charge on any atom is 0.193 e. The number of allylic oxidation sites excluding steroid dienone is 1. The van der Waals surface area contributed by atoms with Crippen LogP contribution in [0.3, 0.4) is 0 Å². The Morgan fingerprint density at radius 1 is 1.42 bits per heavy atom. The summed E-state index contributed by atoms with van der Waals surface area (Å²) in [4.78, 5) is 6.54. The highest BCUT2D eigenvalue weighted by molar-refractivity contribution is 5.79. The minimum atomic E-state index is 0.279. The molecule has 1 fully saturated rings. The van der Waals surface area contributed by atoms with Gasteiger partial charge in [0.25, 0.3) is 0 Å². The van der Waals surface area contributed by atoms with Crippen LogP contribution in [-0.4, -0.2) is 51.3 Å². The second-order valence-corrected chi connectivity index (χ2v) is 5.76. The monoisotopic (exact) mass is 267 g/mol. The summed E-state index contributed by atoms with van der Waals surface area (Å²) in [6, 6.07) is 0. The predicted octanol–water partition coefficient (Wildman–Crippen LogP) is 2.28. The van der Waals surface area contributed by atoms with Crippen molar-refractivity contribution in [1.82, 2.24) is 10.2 Å². The molecule has 1 N–H and O–H groups in total. The number of ether oxygens (including phenoxy) is 1. The van der Waals surface area contributed by atoms with Crippen LogP contribution in [0.15, 0.2) is 17.6 Å². The van der Waals surface area contributed by atoms with E-state index in [1.54, 1.807) is 0 Å². The van der Waals surface area contributed by atoms with Crippen LogP contribution in [-0.2, 0) is 4.74 Å². The molecule has 1 aliphatic heterocycles. The number of unbranched alkanes of at least 4 members (excludes halogenated alkanes) is 3. The first-order valence-corrected chi connectivity index (χ1v) is 7.22. The molecule has 4 nitrogen and oxygen atoms in total. The molecule has 0 unspecified atom stereocenters. The fraction of sp³-hybridized carbons (Fsp3) is 0.800. The van der Waals surface area contributed by atoms with Crippen LogP contribution in [0, 0.1) is 5.41 Å². The van der Waals surface area contributed by atoms with E-state index in [2.05, 4.69) is 35.8 Å². The molecule has 1 saturated heterocycles. The molecule has 0 saturated carbocycles. The Hall–Kier alpha value is -1.03. The van der Waals surface area contributed by atoms with Crippen LogP contribution in [0.4, 0.5) is 0 Å². The van der Waals surface area contributed by atoms with Crippen molar-refractivity contribution >= 4 is 5.96 Å². The number of rotatable bonds is 8. The minimum Gasteiger partial charge on any atom is -0.380 e. The van der Waals surface area contributed by atoms with E-state index < -0.39 is 0 Å². The highest BCUT2D eigenvalue weighted by Gasteiger charge is 2.33. The first-order valence-electron chi connectivity index (χ1n) is 7.22. The van der Waals surface area contributed by atoms with Gasteiger partial charge in [0.15, 0.2) is 5.96 Å². The molecule has 0 aromatic carbocycles. The summed E-state index contributed by atoms with van der Waals surface area (Å²) in [7, 11) is 3.94. The lowest BCUT2D eigenvalue weighted by Crippen LogP contribution is -2.51. The average Bonchev–Trinajstić information content (AvgIpc) is 2.37. The van der Waals surface area contributed by atoms with Crippen LogP contribution in [0.25, 0.3) is 0 Å². The second-order valence-electron chi connectivity index (χ2n) is 5.76. The molecule has 19 heavy (non-hydrogen) atoms. The van der Waals surface area contributed by atoms with E-state index in [0.29, 0.717) is 0 Å². The summed E-state index contributed by atoms with van der Waals surface area (Å²) < 4.78 is 5.27. The predicted molar refractivity (Wildman–Crippen MR) is 81.6 cm³/mol. The van der Waals surface area contributed by atoms with Gasteiger partial charge in [-0.2, -0.15) is 0 Å². The van der Waals surface area contributed by atoms with Crippen molar-refractivity contribution in [3.05, 3.63) is 12.7 Å². The third-order valence-electron chi connectivity index (χ3n) is 3.55. The van der Waals surface area contributed by atoms with Gasteiger partial charge in [-0.15, -0.1) is 6.58 Å². The topological polar surface area (TPSA) is 36.9 Å². The van der Waals surface area contributed by atoms with Gasteiger partial charge >= 0.3 is 0 Å². The molecule has 1 rings (SSSR count). The van der Waals surface area contributed by atoms with E-state index in [1.165, 1.54) is 19.3 Å². The largest absolute Gasteiger partial charge is 0.380 e. The zero-order valence-corrected chi connectivity index (χ0v) is 12.7. The molecule has 0 aromatic heterocycles. The van der Waals surface area contributed by atoms with E-state index in [1.807, 2.05) is 13.1 Å². The van der Waals surface area contributed by atoms with E-state index in [0.717, 1.165) is 38.7 Å². The van der Waals surface area contributed by atoms with Gasteiger partial charge in [0.05, 0.1) is 13.2 Å². The van der Waals surface area contributed by atoms with E-state index in [9.17, 15) is 0 Å². The third-order valence-corrected chi connectivity index (χ3v) is 3.55. The van der Waals surface area contributed by atoms with Gasteiger partial charge in [-0.25, -0.2) is 0 Å². The van der Waals surface area contributed by atoms with Gasteiger partial charge in [-0.1, -0.05) is 19.4 Å². The highest BCUT2D eigenvalue weighted by Crippen LogP contribution is 2.25. The first-order chi connectivity index (χ1) is 9.11. The molecule has 110 valence electrons. The van der Waals surface area contributed by atoms with E-state index in [4.69, 9.17) is 4.74 Å². The molecule has 0 radical (unpaired) electrons.